The number of aryl methyl sites for hydroxylation is 3. The minimum atomic E-state index is -0.578. The van der Waals surface area contributed by atoms with E-state index in [1.165, 1.54) is 11.8 Å². The highest BCUT2D eigenvalue weighted by atomic mass is 35.5. The highest BCUT2D eigenvalue weighted by Gasteiger charge is 2.20. The maximum Gasteiger partial charge on any atom is 0.325 e. The molecule has 1 atom stereocenters. The van der Waals surface area contributed by atoms with Gasteiger partial charge in [0.2, 0.25) is 5.91 Å². The molecular formula is C21H22ClN5O2S. The average Bonchev–Trinajstić information content (AvgIpc) is 3.14. The second kappa shape index (κ2) is 9.32. The summed E-state index contributed by atoms with van der Waals surface area (Å²) >= 11 is 7.41. The number of benzene rings is 2. The number of halogens is 1. The highest BCUT2D eigenvalue weighted by Crippen LogP contribution is 2.26. The Bertz CT molecular complexity index is 1100. The third-order valence-corrected chi connectivity index (χ3v) is 5.93. The van der Waals surface area contributed by atoms with Gasteiger partial charge < -0.3 is 5.32 Å². The molecule has 9 heteroatoms. The summed E-state index contributed by atoms with van der Waals surface area (Å²) in [6, 6.07) is 10.7. The third kappa shape index (κ3) is 5.20. The molecule has 7 nitrogen and oxygen atoms in total. The van der Waals surface area contributed by atoms with E-state index in [2.05, 4.69) is 20.8 Å². The fourth-order valence-corrected chi connectivity index (χ4v) is 3.76. The van der Waals surface area contributed by atoms with Gasteiger partial charge in [-0.3, -0.25) is 14.7 Å². The summed E-state index contributed by atoms with van der Waals surface area (Å²) in [5.41, 5.74) is 4.43. The summed E-state index contributed by atoms with van der Waals surface area (Å²) in [6.45, 7) is 7.49. The number of amides is 3. The molecule has 156 valence electrons. The topological polar surface area (TPSA) is 88.9 Å². The Morgan fingerprint density at radius 3 is 2.57 bits per heavy atom. The van der Waals surface area contributed by atoms with Gasteiger partial charge >= 0.3 is 6.03 Å². The van der Waals surface area contributed by atoms with Gasteiger partial charge in [-0.25, -0.2) is 4.79 Å². The molecule has 2 aromatic carbocycles. The summed E-state index contributed by atoms with van der Waals surface area (Å²) in [6.07, 6.45) is 1.56. The SMILES string of the molecule is Cc1ccc(NC(=O)NC(=O)C(C)Sc2nncn2-c2ccc(C)c(Cl)c2)c(C)c1. The molecule has 0 spiro atoms. The third-order valence-electron chi connectivity index (χ3n) is 4.47. The van der Waals surface area contributed by atoms with E-state index in [-0.39, 0.29) is 0 Å². The smallest absolute Gasteiger partial charge is 0.307 e. The normalized spacial score (nSPS) is 11.8. The summed E-state index contributed by atoms with van der Waals surface area (Å²) in [5, 5.41) is 13.7. The molecule has 1 aromatic heterocycles. The van der Waals surface area contributed by atoms with Crippen molar-refractivity contribution in [3.05, 3.63) is 64.4 Å². The van der Waals surface area contributed by atoms with Crippen LogP contribution >= 0.6 is 23.4 Å². The van der Waals surface area contributed by atoms with Gasteiger partial charge in [0.1, 0.15) is 6.33 Å². The summed E-state index contributed by atoms with van der Waals surface area (Å²) in [4.78, 5) is 24.7. The van der Waals surface area contributed by atoms with Crippen LogP contribution in [0.15, 0.2) is 47.9 Å². The Labute approximate surface area is 184 Å². The standard InChI is InChI=1S/C21H22ClN5O2S/c1-12-5-8-18(14(3)9-12)24-20(29)25-19(28)15(4)30-21-26-23-11-27(21)16-7-6-13(2)17(22)10-16/h5-11,15H,1-4H3,(H2,24,25,28,29). The Balaban J connectivity index is 1.64. The maximum absolute atomic E-state index is 12.5. The van der Waals surface area contributed by atoms with E-state index in [0.29, 0.717) is 15.9 Å². The Morgan fingerprint density at radius 1 is 1.10 bits per heavy atom. The molecule has 1 unspecified atom stereocenters. The lowest BCUT2D eigenvalue weighted by molar-refractivity contribution is -0.119. The summed E-state index contributed by atoms with van der Waals surface area (Å²) in [5.74, 6) is -0.432. The number of hydrogen-bond acceptors (Lipinski definition) is 5. The molecule has 0 aliphatic carbocycles. The van der Waals surface area contributed by atoms with Crippen molar-refractivity contribution in [1.82, 2.24) is 20.1 Å². The van der Waals surface area contributed by atoms with E-state index in [1.807, 2.05) is 57.2 Å². The summed E-state index contributed by atoms with van der Waals surface area (Å²) in [7, 11) is 0. The number of hydrogen-bond donors (Lipinski definition) is 2. The van der Waals surface area contributed by atoms with Crippen LogP contribution in [0.4, 0.5) is 10.5 Å². The lowest BCUT2D eigenvalue weighted by atomic mass is 10.1. The largest absolute Gasteiger partial charge is 0.325 e. The molecule has 0 saturated carbocycles. The van der Waals surface area contributed by atoms with Crippen LogP contribution in [-0.4, -0.2) is 32.0 Å². The minimum Gasteiger partial charge on any atom is -0.307 e. The van der Waals surface area contributed by atoms with E-state index in [0.717, 1.165) is 22.4 Å². The number of rotatable bonds is 5. The molecule has 1 heterocycles. The van der Waals surface area contributed by atoms with E-state index < -0.39 is 17.2 Å². The molecule has 0 saturated heterocycles. The minimum absolute atomic E-state index is 0.432. The number of nitrogens with zero attached hydrogens (tertiary/aromatic N) is 3. The highest BCUT2D eigenvalue weighted by molar-refractivity contribution is 8.00. The van der Waals surface area contributed by atoms with Gasteiger partial charge in [-0.05, 0) is 57.0 Å². The van der Waals surface area contributed by atoms with E-state index >= 15 is 0 Å². The second-order valence-electron chi connectivity index (χ2n) is 6.94. The van der Waals surface area contributed by atoms with Crippen molar-refractivity contribution < 1.29 is 9.59 Å². The lowest BCUT2D eigenvalue weighted by Crippen LogP contribution is -2.39. The molecule has 30 heavy (non-hydrogen) atoms. The first-order valence-electron chi connectivity index (χ1n) is 9.27. The van der Waals surface area contributed by atoms with Crippen molar-refractivity contribution in [3.63, 3.8) is 0 Å². The zero-order chi connectivity index (χ0) is 21.8. The van der Waals surface area contributed by atoms with Crippen molar-refractivity contribution >= 4 is 41.0 Å². The molecule has 0 aliphatic rings. The number of carbonyl (C=O) groups excluding carboxylic acids is 2. The number of anilines is 1. The monoisotopic (exact) mass is 443 g/mol. The quantitative estimate of drug-likeness (QED) is 0.559. The zero-order valence-electron chi connectivity index (χ0n) is 17.1. The zero-order valence-corrected chi connectivity index (χ0v) is 18.6. The van der Waals surface area contributed by atoms with Crippen LogP contribution in [-0.2, 0) is 4.79 Å². The van der Waals surface area contributed by atoms with E-state index in [1.54, 1.807) is 17.8 Å². The van der Waals surface area contributed by atoms with Crippen LogP contribution in [0.2, 0.25) is 5.02 Å². The van der Waals surface area contributed by atoms with Crippen LogP contribution in [0.25, 0.3) is 5.69 Å². The number of thioether (sulfide) groups is 1. The van der Waals surface area contributed by atoms with Crippen molar-refractivity contribution in [2.24, 2.45) is 0 Å². The van der Waals surface area contributed by atoms with Crippen molar-refractivity contribution in [2.45, 2.75) is 38.1 Å². The number of urea groups is 1. The molecular weight excluding hydrogens is 422 g/mol. The molecule has 0 radical (unpaired) electrons. The summed E-state index contributed by atoms with van der Waals surface area (Å²) < 4.78 is 1.75. The van der Waals surface area contributed by atoms with Gasteiger partial charge in [0.05, 0.1) is 10.9 Å². The van der Waals surface area contributed by atoms with Crippen LogP contribution in [0.3, 0.4) is 0 Å². The van der Waals surface area contributed by atoms with E-state index in [9.17, 15) is 9.59 Å². The number of carbonyl (C=O) groups is 2. The number of nitrogens with one attached hydrogen (secondary N) is 2. The first-order chi connectivity index (χ1) is 14.2. The predicted octanol–water partition coefficient (Wildman–Crippen LogP) is 4.67. The van der Waals surface area contributed by atoms with Gasteiger partial charge in [-0.2, -0.15) is 0 Å². The van der Waals surface area contributed by atoms with Crippen molar-refractivity contribution in [3.8, 4) is 5.69 Å². The van der Waals surface area contributed by atoms with Gasteiger partial charge in [0, 0.05) is 10.7 Å². The molecule has 3 aromatic rings. The van der Waals surface area contributed by atoms with Crippen LogP contribution < -0.4 is 10.6 Å². The van der Waals surface area contributed by atoms with Crippen LogP contribution in [0, 0.1) is 20.8 Å². The fraction of sp³-hybridized carbons (Fsp3) is 0.238. The van der Waals surface area contributed by atoms with Gasteiger partial charge in [0.15, 0.2) is 5.16 Å². The van der Waals surface area contributed by atoms with Crippen LogP contribution in [0.1, 0.15) is 23.6 Å². The second-order valence-corrected chi connectivity index (χ2v) is 8.65. The van der Waals surface area contributed by atoms with E-state index in [4.69, 9.17) is 11.6 Å². The molecule has 0 aliphatic heterocycles. The first kappa shape index (κ1) is 21.9. The van der Waals surface area contributed by atoms with Crippen molar-refractivity contribution in [1.29, 1.82) is 0 Å². The van der Waals surface area contributed by atoms with Gasteiger partial charge in [0.25, 0.3) is 0 Å². The van der Waals surface area contributed by atoms with Gasteiger partial charge in [-0.1, -0.05) is 47.1 Å². The Kier molecular flexibility index (Phi) is 6.79. The predicted molar refractivity (Wildman–Crippen MR) is 120 cm³/mol. The fourth-order valence-electron chi connectivity index (χ4n) is 2.75. The lowest BCUT2D eigenvalue weighted by Gasteiger charge is -2.13. The molecule has 0 fully saturated rings. The van der Waals surface area contributed by atoms with Gasteiger partial charge in [-0.15, -0.1) is 10.2 Å². The van der Waals surface area contributed by atoms with Crippen LogP contribution in [0.5, 0.6) is 0 Å². The number of imide groups is 1. The molecule has 3 amide bonds. The molecule has 0 bridgehead atoms. The number of aromatic nitrogens is 3. The van der Waals surface area contributed by atoms with Crippen molar-refractivity contribution in [2.75, 3.05) is 5.32 Å². The average molecular weight is 444 g/mol. The Morgan fingerprint density at radius 2 is 1.87 bits per heavy atom. The molecule has 3 rings (SSSR count). The Hall–Kier alpha value is -2.84. The maximum atomic E-state index is 12.5. The first-order valence-corrected chi connectivity index (χ1v) is 10.5. The molecule has 2 N–H and O–H groups in total.